The van der Waals surface area contributed by atoms with Gasteiger partial charge in [-0.05, 0) is 42.7 Å². The molecule has 0 unspecified atom stereocenters. The molecular formula is C26H32N4O6. The van der Waals surface area contributed by atoms with E-state index in [0.29, 0.717) is 69.4 Å². The number of rotatable bonds is 7. The van der Waals surface area contributed by atoms with Crippen LogP contribution in [0.25, 0.3) is 0 Å². The van der Waals surface area contributed by atoms with E-state index < -0.39 is 11.9 Å². The lowest BCUT2D eigenvalue weighted by molar-refractivity contribution is -0.131. The zero-order valence-electron chi connectivity index (χ0n) is 20.5. The van der Waals surface area contributed by atoms with Gasteiger partial charge in [0.05, 0.1) is 13.7 Å². The molecule has 4 amide bonds. The number of carbonyl (C=O) groups is 3. The predicted octanol–water partition coefficient (Wildman–Crippen LogP) is 2.28. The lowest BCUT2D eigenvalue weighted by Gasteiger charge is -2.22. The number of anilines is 1. The van der Waals surface area contributed by atoms with Gasteiger partial charge in [0.15, 0.2) is 11.5 Å². The molecule has 0 aromatic heterocycles. The quantitative estimate of drug-likeness (QED) is 0.605. The molecule has 0 spiro atoms. The summed E-state index contributed by atoms with van der Waals surface area (Å²) >= 11 is 0. The van der Waals surface area contributed by atoms with Gasteiger partial charge in [0.25, 0.3) is 0 Å². The summed E-state index contributed by atoms with van der Waals surface area (Å²) in [6.45, 7) is 3.49. The van der Waals surface area contributed by atoms with E-state index in [9.17, 15) is 14.4 Å². The molecule has 1 saturated heterocycles. The minimum atomic E-state index is -0.609. The fourth-order valence-electron chi connectivity index (χ4n) is 4.23. The highest BCUT2D eigenvalue weighted by molar-refractivity contribution is 6.01. The molecular weight excluding hydrogens is 464 g/mol. The third-order valence-electron chi connectivity index (χ3n) is 6.15. The van der Waals surface area contributed by atoms with Crippen molar-refractivity contribution in [1.29, 1.82) is 0 Å². The fraction of sp³-hybridized carbons (Fsp3) is 0.423. The number of imide groups is 1. The van der Waals surface area contributed by atoms with Gasteiger partial charge in [-0.2, -0.15) is 0 Å². The van der Waals surface area contributed by atoms with E-state index in [1.54, 1.807) is 25.3 Å². The first-order valence-corrected chi connectivity index (χ1v) is 12.1. The van der Waals surface area contributed by atoms with E-state index in [2.05, 4.69) is 10.6 Å². The Bertz CT molecular complexity index is 1070. The van der Waals surface area contributed by atoms with Crippen molar-refractivity contribution in [2.45, 2.75) is 19.3 Å². The second-order valence-electron chi connectivity index (χ2n) is 8.72. The van der Waals surface area contributed by atoms with Crippen LogP contribution in [0.3, 0.4) is 0 Å². The highest BCUT2D eigenvalue weighted by Crippen LogP contribution is 2.32. The van der Waals surface area contributed by atoms with Gasteiger partial charge in [-0.15, -0.1) is 0 Å². The maximum atomic E-state index is 12.7. The number of nitrogens with zero attached hydrogens (tertiary/aromatic N) is 2. The van der Waals surface area contributed by atoms with Gasteiger partial charge in [-0.1, -0.05) is 12.1 Å². The second-order valence-corrected chi connectivity index (χ2v) is 8.72. The molecule has 10 heteroatoms. The summed E-state index contributed by atoms with van der Waals surface area (Å²) < 4.78 is 16.1. The van der Waals surface area contributed by atoms with Crippen LogP contribution in [-0.2, 0) is 16.0 Å². The number of hydrogen-bond acceptors (Lipinski definition) is 7. The average Bonchev–Trinajstić information content (AvgIpc) is 3.13. The fourth-order valence-corrected chi connectivity index (χ4v) is 4.23. The normalized spacial score (nSPS) is 15.5. The van der Waals surface area contributed by atoms with Crippen LogP contribution >= 0.6 is 0 Å². The molecule has 1 fully saturated rings. The van der Waals surface area contributed by atoms with Crippen molar-refractivity contribution in [3.05, 3.63) is 48.0 Å². The molecule has 2 aliphatic heterocycles. The van der Waals surface area contributed by atoms with Crippen LogP contribution in [0.2, 0.25) is 0 Å². The molecule has 0 radical (unpaired) electrons. The van der Waals surface area contributed by atoms with Gasteiger partial charge in [-0.25, -0.2) is 4.79 Å². The van der Waals surface area contributed by atoms with Crippen molar-refractivity contribution in [3.8, 4) is 17.2 Å². The maximum absolute atomic E-state index is 12.7. The molecule has 36 heavy (non-hydrogen) atoms. The SMILES string of the molecule is COc1ccc(CCC(=O)N2CCCN(CC(=O)NC(=O)Nc3ccc4c(c3)OCCO4)CC2)cc1. The van der Waals surface area contributed by atoms with Crippen molar-refractivity contribution in [3.63, 3.8) is 0 Å². The first-order valence-electron chi connectivity index (χ1n) is 12.1. The summed E-state index contributed by atoms with van der Waals surface area (Å²) in [6.07, 6.45) is 1.88. The summed E-state index contributed by atoms with van der Waals surface area (Å²) in [5, 5.41) is 5.01. The van der Waals surface area contributed by atoms with Crippen molar-refractivity contribution in [2.24, 2.45) is 0 Å². The van der Waals surface area contributed by atoms with E-state index >= 15 is 0 Å². The largest absolute Gasteiger partial charge is 0.497 e. The van der Waals surface area contributed by atoms with Crippen LogP contribution in [0.5, 0.6) is 17.2 Å². The van der Waals surface area contributed by atoms with Gasteiger partial charge >= 0.3 is 6.03 Å². The van der Waals surface area contributed by atoms with Crippen molar-refractivity contribution in [1.82, 2.24) is 15.1 Å². The topological polar surface area (TPSA) is 109 Å². The number of fused-ring (bicyclic) bond motifs is 1. The molecule has 0 aliphatic carbocycles. The predicted molar refractivity (Wildman–Crippen MR) is 134 cm³/mol. The highest BCUT2D eigenvalue weighted by atomic mass is 16.6. The Labute approximate surface area is 210 Å². The van der Waals surface area contributed by atoms with Crippen LogP contribution in [0.4, 0.5) is 10.5 Å². The number of amides is 4. The Morgan fingerprint density at radius 1 is 0.944 bits per heavy atom. The smallest absolute Gasteiger partial charge is 0.325 e. The third-order valence-corrected chi connectivity index (χ3v) is 6.15. The Morgan fingerprint density at radius 3 is 2.50 bits per heavy atom. The van der Waals surface area contributed by atoms with E-state index in [4.69, 9.17) is 14.2 Å². The number of hydrogen-bond donors (Lipinski definition) is 2. The average molecular weight is 497 g/mol. The Kier molecular flexibility index (Phi) is 8.62. The molecule has 4 rings (SSSR count). The Hall–Kier alpha value is -3.79. The Morgan fingerprint density at radius 2 is 1.72 bits per heavy atom. The lowest BCUT2D eigenvalue weighted by atomic mass is 10.1. The minimum Gasteiger partial charge on any atom is -0.497 e. The third kappa shape index (κ3) is 7.11. The monoisotopic (exact) mass is 496 g/mol. The second kappa shape index (κ2) is 12.3. The molecule has 2 aromatic rings. The van der Waals surface area contributed by atoms with Crippen LogP contribution < -0.4 is 24.8 Å². The molecule has 2 N–H and O–H groups in total. The molecule has 10 nitrogen and oxygen atoms in total. The van der Waals surface area contributed by atoms with Crippen molar-refractivity contribution >= 4 is 23.5 Å². The van der Waals surface area contributed by atoms with Gasteiger partial charge in [0.1, 0.15) is 19.0 Å². The van der Waals surface area contributed by atoms with Crippen LogP contribution in [0.15, 0.2) is 42.5 Å². The van der Waals surface area contributed by atoms with E-state index in [0.717, 1.165) is 17.7 Å². The molecule has 192 valence electrons. The number of ether oxygens (including phenoxy) is 3. The van der Waals surface area contributed by atoms with Crippen molar-refractivity contribution < 1.29 is 28.6 Å². The summed E-state index contributed by atoms with van der Waals surface area (Å²) in [5.41, 5.74) is 1.59. The number of aryl methyl sites for hydroxylation is 1. The molecule has 0 saturated carbocycles. The van der Waals surface area contributed by atoms with Crippen molar-refractivity contribution in [2.75, 3.05) is 58.4 Å². The number of urea groups is 1. The van der Waals surface area contributed by atoms with Gasteiger partial charge in [0, 0.05) is 44.4 Å². The first kappa shape index (κ1) is 25.3. The van der Waals surface area contributed by atoms with E-state index in [-0.39, 0.29) is 12.5 Å². The maximum Gasteiger partial charge on any atom is 0.325 e. The molecule has 0 atom stereocenters. The number of methoxy groups -OCH3 is 1. The molecule has 0 bridgehead atoms. The lowest BCUT2D eigenvalue weighted by Crippen LogP contribution is -2.43. The zero-order valence-corrected chi connectivity index (χ0v) is 20.5. The summed E-state index contributed by atoms with van der Waals surface area (Å²) in [6, 6.07) is 12.2. The van der Waals surface area contributed by atoms with Crippen LogP contribution in [0.1, 0.15) is 18.4 Å². The zero-order chi connectivity index (χ0) is 25.3. The first-order chi connectivity index (χ1) is 17.5. The van der Waals surface area contributed by atoms with Crippen LogP contribution in [-0.4, -0.2) is 80.7 Å². The van der Waals surface area contributed by atoms with Gasteiger partial charge in [0.2, 0.25) is 11.8 Å². The molecule has 2 aliphatic rings. The van der Waals surface area contributed by atoms with Gasteiger partial charge < -0.3 is 24.4 Å². The summed E-state index contributed by atoms with van der Waals surface area (Å²) in [5.74, 6) is 1.68. The number of carbonyl (C=O) groups excluding carboxylic acids is 3. The number of benzene rings is 2. The standard InChI is InChI=1S/C26H32N4O6/c1-34-21-7-3-19(4-8-21)5-10-25(32)30-12-2-11-29(13-14-30)18-24(31)28-26(33)27-20-6-9-22-23(17-20)36-16-15-35-22/h3-4,6-9,17H,2,5,10-16,18H2,1H3,(H2,27,28,31,33). The molecule has 2 aromatic carbocycles. The summed E-state index contributed by atoms with van der Waals surface area (Å²) in [7, 11) is 1.63. The number of nitrogens with one attached hydrogen (secondary N) is 2. The minimum absolute atomic E-state index is 0.0858. The highest BCUT2D eigenvalue weighted by Gasteiger charge is 2.21. The van der Waals surface area contributed by atoms with Gasteiger partial charge in [-0.3, -0.25) is 19.8 Å². The van der Waals surface area contributed by atoms with E-state index in [1.807, 2.05) is 34.1 Å². The van der Waals surface area contributed by atoms with E-state index in [1.165, 1.54) is 0 Å². The summed E-state index contributed by atoms with van der Waals surface area (Å²) in [4.78, 5) is 41.2. The molecule has 2 heterocycles. The Balaban J connectivity index is 1.18. The van der Waals surface area contributed by atoms with Crippen LogP contribution in [0, 0.1) is 0 Å².